The molecule has 0 aliphatic heterocycles. The van der Waals surface area contributed by atoms with E-state index in [1.165, 1.54) is 11.8 Å². The number of hydrogen-bond donors (Lipinski definition) is 1. The van der Waals surface area contributed by atoms with Gasteiger partial charge in [0, 0.05) is 4.90 Å². The lowest BCUT2D eigenvalue weighted by Gasteiger charge is -2.08. The maximum absolute atomic E-state index is 11.6. The largest absolute Gasteiger partial charge is 0.506 e. The molecule has 0 fully saturated rings. The Morgan fingerprint density at radius 1 is 1.57 bits per heavy atom. The van der Waals surface area contributed by atoms with Crippen LogP contribution >= 0.6 is 27.7 Å². The quantitative estimate of drug-likeness (QED) is 0.523. The first kappa shape index (κ1) is 11.6. The summed E-state index contributed by atoms with van der Waals surface area (Å²) in [6.45, 7) is 1.74. The van der Waals surface area contributed by atoms with Crippen molar-refractivity contribution in [2.45, 2.75) is 16.6 Å². The van der Waals surface area contributed by atoms with Crippen LogP contribution in [0.2, 0.25) is 0 Å². The van der Waals surface area contributed by atoms with Gasteiger partial charge in [-0.15, -0.1) is 11.8 Å². The van der Waals surface area contributed by atoms with Crippen LogP contribution in [0, 0.1) is 0 Å². The molecule has 1 unspecified atom stereocenters. The Balaban J connectivity index is 3.16. The predicted octanol–water partition coefficient (Wildman–Crippen LogP) is 3.08. The van der Waals surface area contributed by atoms with Gasteiger partial charge in [0.25, 0.3) is 0 Å². The molecule has 4 heteroatoms. The molecule has 0 aliphatic carbocycles. The van der Waals surface area contributed by atoms with Gasteiger partial charge in [0.2, 0.25) is 0 Å². The Bertz CT molecular complexity index is 350. The van der Waals surface area contributed by atoms with Crippen molar-refractivity contribution in [3.8, 4) is 5.75 Å². The van der Waals surface area contributed by atoms with E-state index in [9.17, 15) is 9.90 Å². The third-order valence-electron chi connectivity index (χ3n) is 1.85. The molecule has 1 aromatic carbocycles. The van der Waals surface area contributed by atoms with Crippen LogP contribution in [0.15, 0.2) is 23.1 Å². The smallest absolute Gasteiger partial charge is 0.179 e. The van der Waals surface area contributed by atoms with Gasteiger partial charge >= 0.3 is 0 Å². The van der Waals surface area contributed by atoms with E-state index in [1.54, 1.807) is 25.1 Å². The maximum atomic E-state index is 11.6. The van der Waals surface area contributed by atoms with Crippen LogP contribution in [0.25, 0.3) is 0 Å². The van der Waals surface area contributed by atoms with Crippen LogP contribution < -0.4 is 0 Å². The molecule has 76 valence electrons. The van der Waals surface area contributed by atoms with Gasteiger partial charge < -0.3 is 5.11 Å². The molecule has 0 spiro atoms. The van der Waals surface area contributed by atoms with Crippen molar-refractivity contribution in [1.29, 1.82) is 0 Å². The van der Waals surface area contributed by atoms with Crippen LogP contribution in [-0.4, -0.2) is 22.0 Å². The van der Waals surface area contributed by atoms with Crippen molar-refractivity contribution < 1.29 is 9.90 Å². The molecular formula is C10H11BrO2S. The van der Waals surface area contributed by atoms with Gasteiger partial charge in [-0.05, 0) is 25.3 Å². The summed E-state index contributed by atoms with van der Waals surface area (Å²) in [5, 5.41) is 9.75. The first-order valence-electron chi connectivity index (χ1n) is 4.12. The number of phenolic OH excluding ortho intramolecular Hbond substituents is 1. The summed E-state index contributed by atoms with van der Waals surface area (Å²) in [5.74, 6) is -0.0188. The lowest BCUT2D eigenvalue weighted by molar-refractivity contribution is 0.0993. The fourth-order valence-electron chi connectivity index (χ4n) is 1.10. The molecule has 0 aliphatic rings. The number of aromatic hydroxyl groups is 1. The molecule has 0 bridgehead atoms. The Morgan fingerprint density at radius 3 is 2.71 bits per heavy atom. The van der Waals surface area contributed by atoms with Gasteiger partial charge in [-0.1, -0.05) is 22.0 Å². The molecule has 0 amide bonds. The summed E-state index contributed by atoms with van der Waals surface area (Å²) in [4.78, 5) is 12.1. The third kappa shape index (κ3) is 2.30. The summed E-state index contributed by atoms with van der Waals surface area (Å²) in [6, 6.07) is 5.19. The van der Waals surface area contributed by atoms with E-state index in [1.807, 2.05) is 6.26 Å². The van der Waals surface area contributed by atoms with Crippen molar-refractivity contribution in [3.63, 3.8) is 0 Å². The molecule has 0 saturated carbocycles. The minimum atomic E-state index is -0.273. The fraction of sp³-hybridized carbons (Fsp3) is 0.300. The maximum Gasteiger partial charge on any atom is 0.179 e. The van der Waals surface area contributed by atoms with Crippen molar-refractivity contribution in [3.05, 3.63) is 23.8 Å². The van der Waals surface area contributed by atoms with Crippen molar-refractivity contribution >= 4 is 33.5 Å². The minimum absolute atomic E-state index is 0.0799. The number of benzene rings is 1. The van der Waals surface area contributed by atoms with Gasteiger partial charge in [0.1, 0.15) is 5.75 Å². The van der Waals surface area contributed by atoms with E-state index >= 15 is 0 Å². The molecular weight excluding hydrogens is 264 g/mol. The van der Waals surface area contributed by atoms with Gasteiger partial charge in [0.05, 0.1) is 10.4 Å². The Kier molecular flexibility index (Phi) is 4.01. The highest BCUT2D eigenvalue weighted by atomic mass is 79.9. The molecule has 1 atom stereocenters. The van der Waals surface area contributed by atoms with Gasteiger partial charge in [-0.25, -0.2) is 0 Å². The monoisotopic (exact) mass is 274 g/mol. The van der Waals surface area contributed by atoms with Gasteiger partial charge in [0.15, 0.2) is 5.78 Å². The van der Waals surface area contributed by atoms with Gasteiger partial charge in [-0.2, -0.15) is 0 Å². The van der Waals surface area contributed by atoms with Crippen LogP contribution in [-0.2, 0) is 0 Å². The molecule has 1 N–H and O–H groups in total. The van der Waals surface area contributed by atoms with E-state index < -0.39 is 0 Å². The van der Waals surface area contributed by atoms with Crippen LogP contribution in [0.3, 0.4) is 0 Å². The number of Topliss-reactive ketones (excluding diaryl/α,β-unsaturated/α-hetero) is 1. The Labute approximate surface area is 95.8 Å². The number of hydrogen-bond acceptors (Lipinski definition) is 3. The summed E-state index contributed by atoms with van der Waals surface area (Å²) in [5.41, 5.74) is 0.376. The Hall–Kier alpha value is -0.480. The molecule has 0 radical (unpaired) electrons. The van der Waals surface area contributed by atoms with E-state index in [2.05, 4.69) is 15.9 Å². The van der Waals surface area contributed by atoms with E-state index in [4.69, 9.17) is 0 Å². The van der Waals surface area contributed by atoms with Crippen LogP contribution in [0.4, 0.5) is 0 Å². The van der Waals surface area contributed by atoms with E-state index in [0.717, 1.165) is 4.90 Å². The zero-order valence-electron chi connectivity index (χ0n) is 7.95. The molecule has 0 saturated heterocycles. The zero-order valence-corrected chi connectivity index (χ0v) is 10.4. The molecule has 2 nitrogen and oxygen atoms in total. The third-order valence-corrected chi connectivity index (χ3v) is 3.03. The number of alkyl halides is 1. The van der Waals surface area contributed by atoms with E-state index in [0.29, 0.717) is 5.56 Å². The number of phenols is 1. The van der Waals surface area contributed by atoms with Crippen molar-refractivity contribution in [2.24, 2.45) is 0 Å². The minimum Gasteiger partial charge on any atom is -0.506 e. The van der Waals surface area contributed by atoms with Crippen molar-refractivity contribution in [2.75, 3.05) is 6.26 Å². The van der Waals surface area contributed by atoms with Crippen LogP contribution in [0.1, 0.15) is 17.3 Å². The second kappa shape index (κ2) is 4.84. The predicted molar refractivity (Wildman–Crippen MR) is 62.6 cm³/mol. The number of thioether (sulfide) groups is 1. The van der Waals surface area contributed by atoms with Crippen molar-refractivity contribution in [1.82, 2.24) is 0 Å². The average Bonchev–Trinajstić information content (AvgIpc) is 2.17. The fourth-order valence-corrected chi connectivity index (χ4v) is 1.86. The number of ketones is 1. The molecule has 1 rings (SSSR count). The standard InChI is InChI=1S/C10H11BrO2S/c1-6(11)9(12)7-4-3-5-8(14-2)10(7)13/h3-6,13H,1-2H3. The molecule has 0 aromatic heterocycles. The summed E-state index contributed by atoms with van der Waals surface area (Å²) < 4.78 is 0. The summed E-state index contributed by atoms with van der Waals surface area (Å²) in [7, 11) is 0. The lowest BCUT2D eigenvalue weighted by Crippen LogP contribution is -2.10. The SMILES string of the molecule is CSc1cccc(C(=O)C(C)Br)c1O. The summed E-state index contributed by atoms with van der Waals surface area (Å²) in [6.07, 6.45) is 1.86. The molecule has 1 aromatic rings. The Morgan fingerprint density at radius 2 is 2.21 bits per heavy atom. The highest BCUT2D eigenvalue weighted by Gasteiger charge is 2.17. The second-order valence-electron chi connectivity index (χ2n) is 2.84. The highest BCUT2D eigenvalue weighted by molar-refractivity contribution is 9.10. The number of rotatable bonds is 3. The van der Waals surface area contributed by atoms with E-state index in [-0.39, 0.29) is 16.4 Å². The normalized spacial score (nSPS) is 12.5. The highest BCUT2D eigenvalue weighted by Crippen LogP contribution is 2.31. The number of para-hydroxylation sites is 1. The zero-order chi connectivity index (χ0) is 10.7. The second-order valence-corrected chi connectivity index (χ2v) is 5.06. The van der Waals surface area contributed by atoms with Gasteiger partial charge in [-0.3, -0.25) is 4.79 Å². The number of halogens is 1. The summed E-state index contributed by atoms with van der Waals surface area (Å²) >= 11 is 4.61. The first-order chi connectivity index (χ1) is 6.57. The van der Waals surface area contributed by atoms with Crippen LogP contribution in [0.5, 0.6) is 5.75 Å². The number of carbonyl (C=O) groups excluding carboxylic acids is 1. The number of carbonyl (C=O) groups is 1. The first-order valence-corrected chi connectivity index (χ1v) is 6.26. The topological polar surface area (TPSA) is 37.3 Å². The average molecular weight is 275 g/mol. The molecule has 0 heterocycles. The molecule has 14 heavy (non-hydrogen) atoms. The lowest BCUT2D eigenvalue weighted by atomic mass is 10.1.